The molecular weight excluding hydrogens is 459 g/mol. The SMILES string of the molecule is O=C(NC1CCCCCC1)c1ccc(Cn2c(SCc3ccc(F)cc3)nc3cccnc32)cc1. The van der Waals surface area contributed by atoms with Crippen LogP contribution in [0, 0.1) is 5.82 Å². The number of benzene rings is 2. The lowest BCUT2D eigenvalue weighted by atomic mass is 10.1. The number of rotatable bonds is 7. The second kappa shape index (κ2) is 11.0. The Morgan fingerprint density at radius 2 is 1.69 bits per heavy atom. The van der Waals surface area contributed by atoms with Crippen LogP contribution in [0.15, 0.2) is 72.0 Å². The van der Waals surface area contributed by atoms with Crippen LogP contribution in [0.25, 0.3) is 11.2 Å². The van der Waals surface area contributed by atoms with Gasteiger partial charge in [0.05, 0.1) is 6.54 Å². The third-order valence-electron chi connectivity index (χ3n) is 6.50. The first-order valence-corrected chi connectivity index (χ1v) is 13.2. The highest BCUT2D eigenvalue weighted by atomic mass is 32.2. The van der Waals surface area contributed by atoms with E-state index in [4.69, 9.17) is 4.98 Å². The molecule has 0 aliphatic heterocycles. The third-order valence-corrected chi connectivity index (χ3v) is 7.54. The summed E-state index contributed by atoms with van der Waals surface area (Å²) in [4.78, 5) is 22.1. The summed E-state index contributed by atoms with van der Waals surface area (Å²) in [6, 6.07) is 18.5. The number of imidazole rings is 1. The standard InChI is InChI=1S/C28H29FN4OS/c29-23-15-11-21(12-16-23)19-35-28-32-25-8-5-17-30-26(25)33(28)18-20-9-13-22(14-10-20)27(34)31-24-6-3-1-2-4-7-24/h5,8-17,24H,1-4,6-7,18-19H2,(H,31,34). The van der Waals surface area contributed by atoms with Gasteiger partial charge in [0.2, 0.25) is 0 Å². The van der Waals surface area contributed by atoms with Gasteiger partial charge in [-0.1, -0.05) is 61.7 Å². The number of halogens is 1. The Hall–Kier alpha value is -3.19. The van der Waals surface area contributed by atoms with Crippen LogP contribution in [0.4, 0.5) is 4.39 Å². The Labute approximate surface area is 209 Å². The van der Waals surface area contributed by atoms with E-state index in [9.17, 15) is 9.18 Å². The molecule has 0 saturated heterocycles. The topological polar surface area (TPSA) is 59.8 Å². The molecule has 4 aromatic rings. The number of aromatic nitrogens is 3. The zero-order chi connectivity index (χ0) is 24.0. The molecule has 1 amide bonds. The molecule has 180 valence electrons. The number of fused-ring (bicyclic) bond motifs is 1. The number of nitrogens with zero attached hydrogens (tertiary/aromatic N) is 3. The molecule has 5 nitrogen and oxygen atoms in total. The summed E-state index contributed by atoms with van der Waals surface area (Å²) < 4.78 is 15.4. The first-order chi connectivity index (χ1) is 17.2. The summed E-state index contributed by atoms with van der Waals surface area (Å²) in [5.41, 5.74) is 4.46. The molecule has 2 aromatic carbocycles. The monoisotopic (exact) mass is 488 g/mol. The van der Waals surface area contributed by atoms with Crippen LogP contribution in [0.5, 0.6) is 0 Å². The zero-order valence-electron chi connectivity index (χ0n) is 19.6. The van der Waals surface area contributed by atoms with Crippen LogP contribution in [0.2, 0.25) is 0 Å². The van der Waals surface area contributed by atoms with Crippen molar-refractivity contribution in [1.82, 2.24) is 19.9 Å². The van der Waals surface area contributed by atoms with Crippen LogP contribution < -0.4 is 5.32 Å². The number of hydrogen-bond acceptors (Lipinski definition) is 4. The largest absolute Gasteiger partial charge is 0.349 e. The normalized spacial score (nSPS) is 14.7. The molecule has 1 aliphatic rings. The Morgan fingerprint density at radius 3 is 2.43 bits per heavy atom. The van der Waals surface area contributed by atoms with Gasteiger partial charge in [-0.2, -0.15) is 0 Å². The van der Waals surface area contributed by atoms with E-state index < -0.39 is 0 Å². The van der Waals surface area contributed by atoms with E-state index in [1.165, 1.54) is 37.8 Å². The van der Waals surface area contributed by atoms with Gasteiger partial charge >= 0.3 is 0 Å². The molecule has 1 saturated carbocycles. The molecule has 2 heterocycles. The zero-order valence-corrected chi connectivity index (χ0v) is 20.4. The molecule has 0 bridgehead atoms. The third kappa shape index (κ3) is 5.90. The maximum atomic E-state index is 13.3. The van der Waals surface area contributed by atoms with E-state index in [1.54, 1.807) is 30.1 Å². The first kappa shape index (κ1) is 23.5. The van der Waals surface area contributed by atoms with Crippen molar-refractivity contribution in [2.75, 3.05) is 0 Å². The Kier molecular flexibility index (Phi) is 7.42. The summed E-state index contributed by atoms with van der Waals surface area (Å²) in [6.45, 7) is 0.601. The highest BCUT2D eigenvalue weighted by molar-refractivity contribution is 7.98. The van der Waals surface area contributed by atoms with Crippen LogP contribution in [-0.4, -0.2) is 26.5 Å². The summed E-state index contributed by atoms with van der Waals surface area (Å²) in [5, 5.41) is 4.08. The van der Waals surface area contributed by atoms with Gasteiger partial charge < -0.3 is 5.32 Å². The van der Waals surface area contributed by atoms with E-state index in [2.05, 4.69) is 14.9 Å². The number of nitrogens with one attached hydrogen (secondary N) is 1. The van der Waals surface area contributed by atoms with Gasteiger partial charge in [-0.05, 0) is 60.4 Å². The van der Waals surface area contributed by atoms with Gasteiger partial charge in [-0.15, -0.1) is 0 Å². The summed E-state index contributed by atoms with van der Waals surface area (Å²) in [7, 11) is 0. The van der Waals surface area contributed by atoms with Crippen molar-refractivity contribution in [3.63, 3.8) is 0 Å². The Morgan fingerprint density at radius 1 is 0.971 bits per heavy atom. The van der Waals surface area contributed by atoms with Crippen LogP contribution >= 0.6 is 11.8 Å². The minimum absolute atomic E-state index is 0.00809. The van der Waals surface area contributed by atoms with Crippen molar-refractivity contribution in [2.24, 2.45) is 0 Å². The smallest absolute Gasteiger partial charge is 0.251 e. The molecule has 0 atom stereocenters. The van der Waals surface area contributed by atoms with E-state index >= 15 is 0 Å². The van der Waals surface area contributed by atoms with Crippen molar-refractivity contribution < 1.29 is 9.18 Å². The number of thioether (sulfide) groups is 1. The minimum atomic E-state index is -0.235. The molecule has 1 aliphatic carbocycles. The molecule has 0 spiro atoms. The molecule has 1 N–H and O–H groups in total. The fraction of sp³-hybridized carbons (Fsp3) is 0.321. The highest BCUT2D eigenvalue weighted by Gasteiger charge is 2.17. The van der Waals surface area contributed by atoms with Gasteiger partial charge in [0.1, 0.15) is 11.3 Å². The minimum Gasteiger partial charge on any atom is -0.349 e. The molecule has 0 radical (unpaired) electrons. The summed E-state index contributed by atoms with van der Waals surface area (Å²) in [5.74, 6) is 0.458. The number of amides is 1. The maximum absolute atomic E-state index is 13.3. The van der Waals surface area contributed by atoms with Crippen LogP contribution in [-0.2, 0) is 12.3 Å². The van der Waals surface area contributed by atoms with Crippen LogP contribution in [0.1, 0.15) is 60.0 Å². The van der Waals surface area contributed by atoms with Gasteiger partial charge in [-0.25, -0.2) is 14.4 Å². The number of carbonyl (C=O) groups is 1. The molecule has 2 aromatic heterocycles. The second-order valence-corrected chi connectivity index (χ2v) is 10.0. The van der Waals surface area contributed by atoms with Crippen LogP contribution in [0.3, 0.4) is 0 Å². The van der Waals surface area contributed by atoms with E-state index in [1.807, 2.05) is 36.4 Å². The Bertz CT molecular complexity index is 1280. The number of carbonyl (C=O) groups excluding carboxylic acids is 1. The van der Waals surface area contributed by atoms with E-state index in [0.717, 1.165) is 40.3 Å². The van der Waals surface area contributed by atoms with Gasteiger partial charge in [0, 0.05) is 23.6 Å². The molecule has 5 rings (SSSR count). The van der Waals surface area contributed by atoms with Gasteiger partial charge in [0.15, 0.2) is 10.8 Å². The van der Waals surface area contributed by atoms with Crippen molar-refractivity contribution in [3.8, 4) is 0 Å². The fourth-order valence-corrected chi connectivity index (χ4v) is 5.51. The lowest BCUT2D eigenvalue weighted by molar-refractivity contribution is 0.0933. The molecule has 7 heteroatoms. The highest BCUT2D eigenvalue weighted by Crippen LogP contribution is 2.27. The lowest BCUT2D eigenvalue weighted by Gasteiger charge is -2.16. The summed E-state index contributed by atoms with van der Waals surface area (Å²) in [6.07, 6.45) is 8.84. The van der Waals surface area contributed by atoms with Crippen molar-refractivity contribution in [3.05, 3.63) is 89.4 Å². The predicted molar refractivity (Wildman–Crippen MR) is 138 cm³/mol. The fourth-order valence-electron chi connectivity index (χ4n) is 4.56. The molecule has 35 heavy (non-hydrogen) atoms. The average molecular weight is 489 g/mol. The van der Waals surface area contributed by atoms with Crippen molar-refractivity contribution in [2.45, 2.75) is 62.0 Å². The lowest BCUT2D eigenvalue weighted by Crippen LogP contribution is -2.34. The van der Waals surface area contributed by atoms with E-state index in [-0.39, 0.29) is 17.8 Å². The predicted octanol–water partition coefficient (Wildman–Crippen LogP) is 6.36. The number of hydrogen-bond donors (Lipinski definition) is 1. The summed E-state index contributed by atoms with van der Waals surface area (Å²) >= 11 is 1.61. The van der Waals surface area contributed by atoms with E-state index in [0.29, 0.717) is 17.9 Å². The average Bonchev–Trinajstić information content (AvgIpc) is 3.02. The first-order valence-electron chi connectivity index (χ1n) is 12.2. The van der Waals surface area contributed by atoms with Crippen molar-refractivity contribution in [1.29, 1.82) is 0 Å². The quantitative estimate of drug-likeness (QED) is 0.243. The number of pyridine rings is 1. The van der Waals surface area contributed by atoms with Gasteiger partial charge in [0.25, 0.3) is 5.91 Å². The Balaban J connectivity index is 1.30. The molecule has 1 fully saturated rings. The van der Waals surface area contributed by atoms with Gasteiger partial charge in [-0.3, -0.25) is 9.36 Å². The second-order valence-electron chi connectivity index (χ2n) is 9.10. The molecular formula is C28H29FN4OS. The maximum Gasteiger partial charge on any atom is 0.251 e. The molecule has 0 unspecified atom stereocenters. The van der Waals surface area contributed by atoms with Crippen molar-refractivity contribution >= 4 is 28.8 Å².